The summed E-state index contributed by atoms with van der Waals surface area (Å²) < 4.78 is 0. The van der Waals surface area contributed by atoms with Crippen LogP contribution in [0.2, 0.25) is 0 Å². The van der Waals surface area contributed by atoms with Gasteiger partial charge in [0.1, 0.15) is 0 Å². The predicted octanol–water partition coefficient (Wildman–Crippen LogP) is 0.168. The molecule has 0 radical (unpaired) electrons. The maximum absolute atomic E-state index is 5.17. The highest BCUT2D eigenvalue weighted by Crippen LogP contribution is 1.78. The van der Waals surface area contributed by atoms with Gasteiger partial charge in [0.25, 0.3) is 0 Å². The molecular formula is C4H9N3S. The van der Waals surface area contributed by atoms with Gasteiger partial charge in [-0.1, -0.05) is 0 Å². The lowest BCUT2D eigenvalue weighted by atomic mass is 10.9. The molecule has 0 bridgehead atoms. The normalized spacial score (nSPS) is 9.75. The number of nitrogens with two attached hydrogens (primary N) is 1. The van der Waals surface area contributed by atoms with Crippen molar-refractivity contribution in [3.8, 4) is 0 Å². The molecule has 8 heavy (non-hydrogen) atoms. The summed E-state index contributed by atoms with van der Waals surface area (Å²) in [6, 6.07) is 0. The first-order valence-electron chi connectivity index (χ1n) is 2.20. The average molecular weight is 131 g/mol. The summed E-state index contributed by atoms with van der Waals surface area (Å²) in [4.78, 5) is 0. The Morgan fingerprint density at radius 2 is 2.38 bits per heavy atom. The van der Waals surface area contributed by atoms with E-state index in [9.17, 15) is 0 Å². The summed E-state index contributed by atoms with van der Waals surface area (Å²) in [5.41, 5.74) is 5.17. The van der Waals surface area contributed by atoms with Crippen LogP contribution in [0, 0.1) is 0 Å². The van der Waals surface area contributed by atoms with Crippen molar-refractivity contribution in [3.63, 3.8) is 0 Å². The largest absolute Gasteiger partial charge is 0.375 e. The van der Waals surface area contributed by atoms with E-state index in [0.29, 0.717) is 0 Å². The molecular weight excluding hydrogens is 122 g/mol. The molecule has 0 atom stereocenters. The third kappa shape index (κ3) is 2.52. The van der Waals surface area contributed by atoms with E-state index < -0.39 is 0 Å². The topological polar surface area (TPSA) is 41.6 Å². The van der Waals surface area contributed by atoms with Crippen molar-refractivity contribution in [1.29, 1.82) is 0 Å². The molecule has 0 saturated heterocycles. The predicted molar refractivity (Wildman–Crippen MR) is 38.7 cm³/mol. The Bertz CT molecular complexity index is 110. The maximum atomic E-state index is 5.17. The molecule has 0 aliphatic heterocycles. The summed E-state index contributed by atoms with van der Waals surface area (Å²) in [7, 11) is 1.70. The average Bonchev–Trinajstić information content (AvgIpc) is 1.67. The summed E-state index contributed by atoms with van der Waals surface area (Å²) in [5, 5.41) is 5.47. The van der Waals surface area contributed by atoms with Gasteiger partial charge in [-0.3, -0.25) is 0 Å². The van der Waals surface area contributed by atoms with E-state index in [0.717, 1.165) is 0 Å². The Hall–Kier alpha value is -0.640. The smallest absolute Gasteiger partial charge is 0.186 e. The molecule has 0 saturated carbocycles. The second-order valence-corrected chi connectivity index (χ2v) is 1.65. The third-order valence-corrected chi connectivity index (χ3v) is 0.872. The number of thiocarbonyl (C=S) groups is 1. The van der Waals surface area contributed by atoms with Crippen LogP contribution in [0.25, 0.3) is 0 Å². The molecule has 0 fully saturated rings. The zero-order chi connectivity index (χ0) is 6.57. The van der Waals surface area contributed by atoms with Gasteiger partial charge in [0.05, 0.1) is 0 Å². The van der Waals surface area contributed by atoms with Gasteiger partial charge in [0.15, 0.2) is 5.11 Å². The van der Waals surface area contributed by atoms with Gasteiger partial charge in [-0.25, -0.2) is 5.01 Å². The summed E-state index contributed by atoms with van der Waals surface area (Å²) in [6.07, 6.45) is 1.62. The minimum absolute atomic E-state index is 0.281. The molecule has 0 heterocycles. The van der Waals surface area contributed by atoms with E-state index in [1.165, 1.54) is 5.01 Å². The van der Waals surface area contributed by atoms with Crippen LogP contribution in [-0.4, -0.2) is 23.4 Å². The van der Waals surface area contributed by atoms with E-state index in [-0.39, 0.29) is 5.11 Å². The van der Waals surface area contributed by atoms with Crippen LogP contribution in [0.3, 0.4) is 0 Å². The van der Waals surface area contributed by atoms with Crippen molar-refractivity contribution < 1.29 is 0 Å². The molecule has 0 aliphatic carbocycles. The van der Waals surface area contributed by atoms with Crippen molar-refractivity contribution in [2.75, 3.05) is 7.05 Å². The van der Waals surface area contributed by atoms with Crippen LogP contribution in [0.15, 0.2) is 5.10 Å². The Morgan fingerprint density at radius 1 is 1.88 bits per heavy atom. The molecule has 2 N–H and O–H groups in total. The Morgan fingerprint density at radius 3 is 2.50 bits per heavy atom. The number of rotatable bonds is 1. The van der Waals surface area contributed by atoms with E-state index in [1.807, 2.05) is 0 Å². The van der Waals surface area contributed by atoms with E-state index in [2.05, 4.69) is 17.3 Å². The molecule has 4 heteroatoms. The summed E-state index contributed by atoms with van der Waals surface area (Å²) >= 11 is 4.57. The van der Waals surface area contributed by atoms with Crippen LogP contribution in [0.1, 0.15) is 6.92 Å². The standard InChI is InChI=1S/C4H9N3S/c1-3-6-7(2)4(5)8/h3H,1-2H3,(H2,5,8)/b6-3+. The molecule has 0 spiro atoms. The fourth-order valence-corrected chi connectivity index (χ4v) is 0.277. The zero-order valence-corrected chi connectivity index (χ0v) is 5.77. The van der Waals surface area contributed by atoms with Crippen LogP contribution < -0.4 is 5.73 Å². The monoisotopic (exact) mass is 131 g/mol. The SMILES string of the molecule is C/C=N/N(C)C(N)=S. The van der Waals surface area contributed by atoms with Crippen molar-refractivity contribution in [2.45, 2.75) is 6.92 Å². The quantitative estimate of drug-likeness (QED) is 0.313. The first-order chi connectivity index (χ1) is 3.68. The highest BCUT2D eigenvalue weighted by molar-refractivity contribution is 7.80. The van der Waals surface area contributed by atoms with Gasteiger partial charge in [0.2, 0.25) is 0 Å². The third-order valence-electron chi connectivity index (χ3n) is 0.608. The molecule has 0 aromatic heterocycles. The highest BCUT2D eigenvalue weighted by Gasteiger charge is 1.89. The minimum Gasteiger partial charge on any atom is -0.375 e. The summed E-state index contributed by atoms with van der Waals surface area (Å²) in [6.45, 7) is 1.80. The van der Waals surface area contributed by atoms with Crippen LogP contribution in [0.4, 0.5) is 0 Å². The molecule has 0 aromatic rings. The van der Waals surface area contributed by atoms with Crippen LogP contribution in [0.5, 0.6) is 0 Å². The second-order valence-electron chi connectivity index (χ2n) is 1.24. The molecule has 0 unspecified atom stereocenters. The van der Waals surface area contributed by atoms with E-state index in [4.69, 9.17) is 5.73 Å². The molecule has 0 aliphatic rings. The van der Waals surface area contributed by atoms with Crippen molar-refractivity contribution >= 4 is 23.5 Å². The van der Waals surface area contributed by atoms with Gasteiger partial charge in [0, 0.05) is 13.3 Å². The maximum Gasteiger partial charge on any atom is 0.186 e. The molecule has 0 aromatic carbocycles. The summed E-state index contributed by atoms with van der Waals surface area (Å²) in [5.74, 6) is 0. The fraction of sp³-hybridized carbons (Fsp3) is 0.500. The first-order valence-corrected chi connectivity index (χ1v) is 2.61. The molecule has 46 valence electrons. The van der Waals surface area contributed by atoms with E-state index in [1.54, 1.807) is 20.2 Å². The van der Waals surface area contributed by atoms with Crippen molar-refractivity contribution in [1.82, 2.24) is 5.01 Å². The lowest BCUT2D eigenvalue weighted by molar-refractivity contribution is 0.551. The second kappa shape index (κ2) is 3.37. The van der Waals surface area contributed by atoms with E-state index >= 15 is 0 Å². The van der Waals surface area contributed by atoms with Crippen molar-refractivity contribution in [3.05, 3.63) is 0 Å². The number of hydrogen-bond donors (Lipinski definition) is 1. The molecule has 0 amide bonds. The number of nitrogens with zero attached hydrogens (tertiary/aromatic N) is 2. The van der Waals surface area contributed by atoms with Gasteiger partial charge < -0.3 is 5.73 Å². The molecule has 3 nitrogen and oxygen atoms in total. The lowest BCUT2D eigenvalue weighted by Gasteiger charge is -2.06. The Labute approximate surface area is 54.2 Å². The molecule has 0 rings (SSSR count). The highest BCUT2D eigenvalue weighted by atomic mass is 32.1. The number of hydrazone groups is 1. The van der Waals surface area contributed by atoms with Gasteiger partial charge in [-0.2, -0.15) is 5.10 Å². The van der Waals surface area contributed by atoms with Gasteiger partial charge in [-0.15, -0.1) is 0 Å². The Kier molecular flexibility index (Phi) is 3.10. The Balaban J connectivity index is 3.64. The minimum atomic E-state index is 0.281. The van der Waals surface area contributed by atoms with Crippen molar-refractivity contribution in [2.24, 2.45) is 10.8 Å². The lowest BCUT2D eigenvalue weighted by Crippen LogP contribution is -2.26. The van der Waals surface area contributed by atoms with Crippen LogP contribution in [-0.2, 0) is 0 Å². The zero-order valence-electron chi connectivity index (χ0n) is 4.96. The first kappa shape index (κ1) is 7.36. The number of hydrogen-bond acceptors (Lipinski definition) is 2. The van der Waals surface area contributed by atoms with Crippen LogP contribution >= 0.6 is 12.2 Å². The van der Waals surface area contributed by atoms with Gasteiger partial charge in [-0.05, 0) is 19.1 Å². The fourth-order valence-electron chi connectivity index (χ4n) is 0.230. The van der Waals surface area contributed by atoms with Gasteiger partial charge >= 0.3 is 0 Å².